The zero-order valence-corrected chi connectivity index (χ0v) is 10.1. The number of nitrogens with one attached hydrogen (secondary N) is 1. The second kappa shape index (κ2) is 3.21. The summed E-state index contributed by atoms with van der Waals surface area (Å²) in [6, 6.07) is 0.701. The Labute approximate surface area is 88.1 Å². The molecule has 2 heteroatoms. The minimum atomic E-state index is 0.509. The van der Waals surface area contributed by atoms with Crippen molar-refractivity contribution in [1.82, 2.24) is 10.2 Å². The minimum Gasteiger partial charge on any atom is -0.316 e. The Bertz CT molecular complexity index is 208. The second-order valence-electron chi connectivity index (χ2n) is 6.40. The van der Waals surface area contributed by atoms with E-state index in [-0.39, 0.29) is 0 Å². The van der Waals surface area contributed by atoms with Crippen LogP contribution in [0, 0.1) is 10.8 Å². The van der Waals surface area contributed by atoms with Crippen molar-refractivity contribution < 1.29 is 0 Å². The Morgan fingerprint density at radius 1 is 1.07 bits per heavy atom. The lowest BCUT2D eigenvalue weighted by molar-refractivity contribution is -0.0332. The molecule has 2 bridgehead atoms. The molecule has 0 aromatic rings. The standard InChI is InChI=1S/C12H24N2/c1-10(2)14-8-11(3)5-12(4,9-14)7-13-6-11/h10,13H,5-9H2,1-4H3/t11-,12-/m0/s1. The second-order valence-corrected chi connectivity index (χ2v) is 6.40. The average molecular weight is 196 g/mol. The summed E-state index contributed by atoms with van der Waals surface area (Å²) < 4.78 is 0. The molecule has 2 heterocycles. The Balaban J connectivity index is 2.16. The van der Waals surface area contributed by atoms with Crippen LogP contribution < -0.4 is 5.32 Å². The van der Waals surface area contributed by atoms with Gasteiger partial charge in [0.2, 0.25) is 0 Å². The third-order valence-electron chi connectivity index (χ3n) is 3.86. The molecule has 14 heavy (non-hydrogen) atoms. The maximum atomic E-state index is 3.60. The first-order valence-corrected chi connectivity index (χ1v) is 5.87. The van der Waals surface area contributed by atoms with Gasteiger partial charge >= 0.3 is 0 Å². The molecule has 0 aliphatic carbocycles. The quantitative estimate of drug-likeness (QED) is 0.687. The molecule has 2 nitrogen and oxygen atoms in total. The summed E-state index contributed by atoms with van der Waals surface area (Å²) in [5.41, 5.74) is 1.02. The van der Waals surface area contributed by atoms with Gasteiger partial charge in [-0.25, -0.2) is 0 Å². The first-order chi connectivity index (χ1) is 6.43. The van der Waals surface area contributed by atoms with E-state index in [1.807, 2.05) is 0 Å². The van der Waals surface area contributed by atoms with E-state index in [1.165, 1.54) is 32.6 Å². The zero-order valence-electron chi connectivity index (χ0n) is 10.1. The number of rotatable bonds is 1. The summed E-state index contributed by atoms with van der Waals surface area (Å²) in [6.07, 6.45) is 1.40. The van der Waals surface area contributed by atoms with Crippen LogP contribution in [-0.2, 0) is 0 Å². The van der Waals surface area contributed by atoms with Gasteiger partial charge in [0, 0.05) is 32.2 Å². The zero-order chi connectivity index (χ0) is 10.4. The van der Waals surface area contributed by atoms with Crippen LogP contribution in [0.4, 0.5) is 0 Å². The summed E-state index contributed by atoms with van der Waals surface area (Å²) in [5, 5.41) is 3.60. The van der Waals surface area contributed by atoms with Gasteiger partial charge in [-0.05, 0) is 31.1 Å². The highest BCUT2D eigenvalue weighted by atomic mass is 15.2. The fraction of sp³-hybridized carbons (Fsp3) is 1.00. The van der Waals surface area contributed by atoms with E-state index in [0.717, 1.165) is 0 Å². The molecule has 0 radical (unpaired) electrons. The summed E-state index contributed by atoms with van der Waals surface area (Å²) >= 11 is 0. The molecular formula is C12H24N2. The lowest BCUT2D eigenvalue weighted by atomic mass is 9.66. The monoisotopic (exact) mass is 196 g/mol. The van der Waals surface area contributed by atoms with Gasteiger partial charge in [-0.2, -0.15) is 0 Å². The number of hydrogen-bond acceptors (Lipinski definition) is 2. The Morgan fingerprint density at radius 3 is 2.00 bits per heavy atom. The molecule has 82 valence electrons. The molecule has 0 amide bonds. The van der Waals surface area contributed by atoms with Crippen molar-refractivity contribution in [2.75, 3.05) is 26.2 Å². The first kappa shape index (κ1) is 10.4. The maximum absolute atomic E-state index is 3.60. The molecule has 2 aliphatic rings. The van der Waals surface area contributed by atoms with Gasteiger partial charge in [0.25, 0.3) is 0 Å². The topological polar surface area (TPSA) is 15.3 Å². The Hall–Kier alpha value is -0.0800. The van der Waals surface area contributed by atoms with E-state index in [1.54, 1.807) is 0 Å². The third kappa shape index (κ3) is 1.82. The molecule has 2 fully saturated rings. The lowest BCUT2D eigenvalue weighted by Crippen LogP contribution is -2.62. The van der Waals surface area contributed by atoms with Crippen molar-refractivity contribution in [3.8, 4) is 0 Å². The Kier molecular flexibility index (Phi) is 2.39. The predicted molar refractivity (Wildman–Crippen MR) is 60.4 cm³/mol. The normalized spacial score (nSPS) is 44.4. The lowest BCUT2D eigenvalue weighted by Gasteiger charge is -2.55. The number of likely N-dealkylation sites (tertiary alicyclic amines) is 1. The van der Waals surface area contributed by atoms with Crippen LogP contribution in [-0.4, -0.2) is 37.1 Å². The molecule has 0 unspecified atom stereocenters. The van der Waals surface area contributed by atoms with Gasteiger partial charge in [0.05, 0.1) is 0 Å². The highest BCUT2D eigenvalue weighted by Gasteiger charge is 2.45. The van der Waals surface area contributed by atoms with Crippen molar-refractivity contribution in [2.45, 2.75) is 40.2 Å². The maximum Gasteiger partial charge on any atom is 0.00507 e. The van der Waals surface area contributed by atoms with Crippen LogP contribution in [0.15, 0.2) is 0 Å². The highest BCUT2D eigenvalue weighted by molar-refractivity contribution is 5.00. The number of nitrogens with zero attached hydrogens (tertiary/aromatic N) is 1. The Morgan fingerprint density at radius 2 is 1.57 bits per heavy atom. The predicted octanol–water partition coefficient (Wildman–Crippen LogP) is 1.72. The van der Waals surface area contributed by atoms with E-state index in [4.69, 9.17) is 0 Å². The largest absolute Gasteiger partial charge is 0.316 e. The van der Waals surface area contributed by atoms with Crippen LogP contribution in [0.2, 0.25) is 0 Å². The van der Waals surface area contributed by atoms with Crippen molar-refractivity contribution in [3.63, 3.8) is 0 Å². The van der Waals surface area contributed by atoms with Crippen molar-refractivity contribution >= 4 is 0 Å². The molecule has 0 spiro atoms. The first-order valence-electron chi connectivity index (χ1n) is 5.87. The number of fused-ring (bicyclic) bond motifs is 2. The smallest absolute Gasteiger partial charge is 0.00507 e. The molecule has 0 aromatic heterocycles. The molecule has 2 aliphatic heterocycles. The van der Waals surface area contributed by atoms with Crippen LogP contribution in [0.3, 0.4) is 0 Å². The number of piperidine rings is 2. The van der Waals surface area contributed by atoms with Crippen LogP contribution in [0.25, 0.3) is 0 Å². The molecule has 2 rings (SSSR count). The van der Waals surface area contributed by atoms with Gasteiger partial charge in [0.15, 0.2) is 0 Å². The summed E-state index contributed by atoms with van der Waals surface area (Å²) in [4.78, 5) is 2.66. The van der Waals surface area contributed by atoms with E-state index in [0.29, 0.717) is 16.9 Å². The fourth-order valence-electron chi connectivity index (χ4n) is 3.45. The van der Waals surface area contributed by atoms with Crippen LogP contribution in [0.1, 0.15) is 34.1 Å². The average Bonchev–Trinajstić information content (AvgIpc) is 1.99. The minimum absolute atomic E-state index is 0.509. The molecule has 2 saturated heterocycles. The van der Waals surface area contributed by atoms with Gasteiger partial charge in [-0.3, -0.25) is 4.90 Å². The van der Waals surface area contributed by atoms with Crippen molar-refractivity contribution in [3.05, 3.63) is 0 Å². The van der Waals surface area contributed by atoms with Gasteiger partial charge < -0.3 is 5.32 Å². The third-order valence-corrected chi connectivity index (χ3v) is 3.86. The fourth-order valence-corrected chi connectivity index (χ4v) is 3.45. The summed E-state index contributed by atoms with van der Waals surface area (Å²) in [6.45, 7) is 14.5. The van der Waals surface area contributed by atoms with E-state index in [2.05, 4.69) is 37.9 Å². The van der Waals surface area contributed by atoms with E-state index >= 15 is 0 Å². The van der Waals surface area contributed by atoms with Crippen LogP contribution >= 0.6 is 0 Å². The van der Waals surface area contributed by atoms with Gasteiger partial charge in [0.1, 0.15) is 0 Å². The SMILES string of the molecule is CC(C)N1C[C@]2(C)CNC[C@@](C)(C1)C2. The molecule has 1 N–H and O–H groups in total. The summed E-state index contributed by atoms with van der Waals surface area (Å²) in [7, 11) is 0. The van der Waals surface area contributed by atoms with E-state index < -0.39 is 0 Å². The van der Waals surface area contributed by atoms with Crippen molar-refractivity contribution in [1.29, 1.82) is 0 Å². The van der Waals surface area contributed by atoms with Gasteiger partial charge in [-0.15, -0.1) is 0 Å². The highest BCUT2D eigenvalue weighted by Crippen LogP contribution is 2.42. The number of hydrogen-bond donors (Lipinski definition) is 1. The molecule has 0 aromatic carbocycles. The van der Waals surface area contributed by atoms with E-state index in [9.17, 15) is 0 Å². The van der Waals surface area contributed by atoms with Crippen LogP contribution in [0.5, 0.6) is 0 Å². The van der Waals surface area contributed by atoms with Gasteiger partial charge in [-0.1, -0.05) is 13.8 Å². The molecule has 2 atom stereocenters. The van der Waals surface area contributed by atoms with Crippen molar-refractivity contribution in [2.24, 2.45) is 10.8 Å². The molecule has 0 saturated carbocycles. The summed E-state index contributed by atoms with van der Waals surface area (Å²) in [5.74, 6) is 0. The molecular weight excluding hydrogens is 172 g/mol.